The van der Waals surface area contributed by atoms with Gasteiger partial charge in [-0.3, -0.25) is 4.79 Å². The quantitative estimate of drug-likeness (QED) is 0.595. The molecule has 2 aromatic carbocycles. The molecular weight excluding hydrogens is 346 g/mol. The molecule has 0 fully saturated rings. The lowest BCUT2D eigenvalue weighted by Crippen LogP contribution is -2.27. The molecule has 0 aliphatic heterocycles. The minimum absolute atomic E-state index is 0.0663. The van der Waals surface area contributed by atoms with E-state index >= 15 is 0 Å². The Kier molecular flexibility index (Phi) is 5.43. The summed E-state index contributed by atoms with van der Waals surface area (Å²) in [6, 6.07) is 19.9. The highest BCUT2D eigenvalue weighted by atomic mass is 16.3. The number of carbonyl (C=O) groups is 1. The van der Waals surface area contributed by atoms with Crippen LogP contribution in [0.5, 0.6) is 0 Å². The molecule has 1 aromatic heterocycles. The zero-order valence-corrected chi connectivity index (χ0v) is 16.2. The fourth-order valence-electron chi connectivity index (χ4n) is 3.79. The van der Waals surface area contributed by atoms with Crippen molar-refractivity contribution in [3.05, 3.63) is 94.9 Å². The van der Waals surface area contributed by atoms with Crippen LogP contribution < -0.4 is 5.32 Å². The van der Waals surface area contributed by atoms with Gasteiger partial charge in [-0.1, -0.05) is 48.5 Å². The molecule has 1 amide bonds. The molecule has 0 unspecified atom stereocenters. The number of fused-ring (bicyclic) bond motifs is 1. The number of nitrogens with one attached hydrogen (secondary N) is 1. The van der Waals surface area contributed by atoms with Gasteiger partial charge in [0.1, 0.15) is 5.76 Å². The summed E-state index contributed by atoms with van der Waals surface area (Å²) in [6.45, 7) is 2.04. The first-order valence-electron chi connectivity index (χ1n) is 9.94. The molecule has 0 spiro atoms. The smallest absolute Gasteiger partial charge is 0.252 e. The minimum atomic E-state index is -0.104. The first-order chi connectivity index (χ1) is 13.7. The van der Waals surface area contributed by atoms with Crippen LogP contribution >= 0.6 is 0 Å². The Bertz CT molecular complexity index is 971. The molecule has 1 heterocycles. The number of furan rings is 1. The van der Waals surface area contributed by atoms with E-state index in [0.717, 1.165) is 17.5 Å². The monoisotopic (exact) mass is 371 g/mol. The molecule has 4 rings (SSSR count). The van der Waals surface area contributed by atoms with Crippen LogP contribution in [0, 0.1) is 0 Å². The Labute approximate surface area is 166 Å². The predicted molar refractivity (Wildman–Crippen MR) is 113 cm³/mol. The second kappa shape index (κ2) is 8.30. The number of rotatable bonds is 5. The van der Waals surface area contributed by atoms with Gasteiger partial charge in [0.15, 0.2) is 0 Å². The summed E-state index contributed by atoms with van der Waals surface area (Å²) in [5.41, 5.74) is 5.50. The van der Waals surface area contributed by atoms with E-state index in [1.807, 2.05) is 49.4 Å². The first kappa shape index (κ1) is 18.3. The van der Waals surface area contributed by atoms with Crippen LogP contribution in [-0.4, -0.2) is 5.91 Å². The van der Waals surface area contributed by atoms with Gasteiger partial charge in [0.2, 0.25) is 0 Å². The molecule has 0 radical (unpaired) electrons. The molecule has 1 aliphatic rings. The molecule has 1 atom stereocenters. The van der Waals surface area contributed by atoms with Gasteiger partial charge in [-0.25, -0.2) is 0 Å². The lowest BCUT2D eigenvalue weighted by Gasteiger charge is -2.20. The van der Waals surface area contributed by atoms with Crippen LogP contribution in [0.1, 0.15) is 53.8 Å². The second-order valence-corrected chi connectivity index (χ2v) is 7.37. The zero-order chi connectivity index (χ0) is 19.3. The van der Waals surface area contributed by atoms with E-state index in [1.165, 1.54) is 30.4 Å². The van der Waals surface area contributed by atoms with Crippen LogP contribution in [0.2, 0.25) is 0 Å². The standard InChI is InChI=1S/C25H25NO2/c1-18(21-14-13-19-8-5-6-11-22(19)16-21)26-25(27)24(17-23-12-7-15-28-23)20-9-3-2-4-10-20/h2-4,7,9-10,12-18H,5-6,8,11H2,1H3,(H,26,27)/b24-17+/t18-/m1/s1. The molecule has 1 N–H and O–H groups in total. The summed E-state index contributed by atoms with van der Waals surface area (Å²) in [4.78, 5) is 13.1. The largest absolute Gasteiger partial charge is 0.465 e. The van der Waals surface area contributed by atoms with Gasteiger partial charge >= 0.3 is 0 Å². The zero-order valence-electron chi connectivity index (χ0n) is 16.2. The summed E-state index contributed by atoms with van der Waals surface area (Å²) >= 11 is 0. The summed E-state index contributed by atoms with van der Waals surface area (Å²) in [5, 5.41) is 3.17. The molecule has 0 saturated heterocycles. The van der Waals surface area contributed by atoms with Crippen molar-refractivity contribution in [1.82, 2.24) is 5.32 Å². The second-order valence-electron chi connectivity index (χ2n) is 7.37. The fraction of sp³-hybridized carbons (Fsp3) is 0.240. The number of aryl methyl sites for hydroxylation is 2. The van der Waals surface area contributed by atoms with Crippen LogP contribution in [0.3, 0.4) is 0 Å². The number of hydrogen-bond acceptors (Lipinski definition) is 2. The summed E-state index contributed by atoms with van der Waals surface area (Å²) < 4.78 is 5.43. The molecule has 142 valence electrons. The normalized spacial score (nSPS) is 15.0. The first-order valence-corrected chi connectivity index (χ1v) is 9.94. The van der Waals surface area contributed by atoms with E-state index < -0.39 is 0 Å². The topological polar surface area (TPSA) is 42.2 Å². The van der Waals surface area contributed by atoms with Crippen molar-refractivity contribution >= 4 is 17.6 Å². The van der Waals surface area contributed by atoms with Crippen LogP contribution in [-0.2, 0) is 17.6 Å². The van der Waals surface area contributed by atoms with Crippen molar-refractivity contribution in [2.45, 2.75) is 38.6 Å². The van der Waals surface area contributed by atoms with E-state index in [9.17, 15) is 4.79 Å². The Balaban J connectivity index is 1.57. The Hall–Kier alpha value is -3.07. The number of amides is 1. The summed E-state index contributed by atoms with van der Waals surface area (Å²) in [7, 11) is 0. The van der Waals surface area contributed by atoms with E-state index in [2.05, 4.69) is 23.5 Å². The minimum Gasteiger partial charge on any atom is -0.465 e. The molecule has 0 saturated carbocycles. The van der Waals surface area contributed by atoms with Gasteiger partial charge in [0.05, 0.1) is 17.9 Å². The summed E-state index contributed by atoms with van der Waals surface area (Å²) in [5.74, 6) is 0.559. The SMILES string of the molecule is C[C@@H](NC(=O)/C(=C/c1ccco1)c1ccccc1)c1ccc2c(c1)CCCC2. The number of carbonyl (C=O) groups excluding carboxylic acids is 1. The molecule has 0 bridgehead atoms. The van der Waals surface area contributed by atoms with Gasteiger partial charge in [-0.2, -0.15) is 0 Å². The van der Waals surface area contributed by atoms with Crippen LogP contribution in [0.4, 0.5) is 0 Å². The van der Waals surface area contributed by atoms with Crippen molar-refractivity contribution in [3.8, 4) is 0 Å². The van der Waals surface area contributed by atoms with Crippen molar-refractivity contribution < 1.29 is 9.21 Å². The van der Waals surface area contributed by atoms with Gasteiger partial charge in [-0.15, -0.1) is 0 Å². The highest BCUT2D eigenvalue weighted by molar-refractivity contribution is 6.24. The maximum absolute atomic E-state index is 13.1. The van der Waals surface area contributed by atoms with Crippen molar-refractivity contribution in [2.24, 2.45) is 0 Å². The average Bonchev–Trinajstić information content (AvgIpc) is 3.25. The van der Waals surface area contributed by atoms with Gasteiger partial charge < -0.3 is 9.73 Å². The lowest BCUT2D eigenvalue weighted by atomic mass is 9.89. The average molecular weight is 371 g/mol. The molecule has 28 heavy (non-hydrogen) atoms. The third-order valence-corrected chi connectivity index (χ3v) is 5.38. The van der Waals surface area contributed by atoms with Crippen LogP contribution in [0.25, 0.3) is 11.6 Å². The fourth-order valence-corrected chi connectivity index (χ4v) is 3.79. The Morgan fingerprint density at radius 3 is 2.54 bits per heavy atom. The highest BCUT2D eigenvalue weighted by Crippen LogP contribution is 2.26. The van der Waals surface area contributed by atoms with Gasteiger partial charge in [0, 0.05) is 0 Å². The van der Waals surface area contributed by atoms with Crippen LogP contribution in [0.15, 0.2) is 71.3 Å². The molecule has 3 aromatic rings. The molecule has 3 heteroatoms. The molecule has 3 nitrogen and oxygen atoms in total. The van der Waals surface area contributed by atoms with E-state index in [-0.39, 0.29) is 11.9 Å². The molecule has 1 aliphatic carbocycles. The third-order valence-electron chi connectivity index (χ3n) is 5.38. The van der Waals surface area contributed by atoms with Gasteiger partial charge in [-0.05, 0) is 73.1 Å². The van der Waals surface area contributed by atoms with Crippen molar-refractivity contribution in [2.75, 3.05) is 0 Å². The lowest BCUT2D eigenvalue weighted by molar-refractivity contribution is -0.116. The predicted octanol–water partition coefficient (Wildman–Crippen LogP) is 5.58. The Morgan fingerprint density at radius 1 is 1.00 bits per heavy atom. The maximum atomic E-state index is 13.1. The Morgan fingerprint density at radius 2 is 1.79 bits per heavy atom. The number of benzene rings is 2. The summed E-state index contributed by atoms with van der Waals surface area (Å²) in [6.07, 6.45) is 8.24. The van der Waals surface area contributed by atoms with Crippen molar-refractivity contribution in [3.63, 3.8) is 0 Å². The van der Waals surface area contributed by atoms with Gasteiger partial charge in [0.25, 0.3) is 5.91 Å². The van der Waals surface area contributed by atoms with E-state index in [4.69, 9.17) is 4.42 Å². The molecular formula is C25H25NO2. The third kappa shape index (κ3) is 4.09. The van der Waals surface area contributed by atoms with Crippen molar-refractivity contribution in [1.29, 1.82) is 0 Å². The maximum Gasteiger partial charge on any atom is 0.252 e. The number of hydrogen-bond donors (Lipinski definition) is 1. The van der Waals surface area contributed by atoms with E-state index in [0.29, 0.717) is 11.3 Å². The highest BCUT2D eigenvalue weighted by Gasteiger charge is 2.18. The van der Waals surface area contributed by atoms with E-state index in [1.54, 1.807) is 12.3 Å².